The van der Waals surface area contributed by atoms with Crippen molar-refractivity contribution in [1.29, 1.82) is 0 Å². The summed E-state index contributed by atoms with van der Waals surface area (Å²) in [7, 11) is 0. The highest BCUT2D eigenvalue weighted by Gasteiger charge is 2.19. The highest BCUT2D eigenvalue weighted by Crippen LogP contribution is 2.17. The van der Waals surface area contributed by atoms with Gasteiger partial charge >= 0.3 is 0 Å². The minimum absolute atomic E-state index is 0.121. The van der Waals surface area contributed by atoms with Crippen LogP contribution in [0.1, 0.15) is 40.0 Å². The Morgan fingerprint density at radius 1 is 1.21 bits per heavy atom. The summed E-state index contributed by atoms with van der Waals surface area (Å²) in [6, 6.07) is 6.05. The molecule has 2 aromatic rings. The van der Waals surface area contributed by atoms with Gasteiger partial charge in [0.15, 0.2) is 0 Å². The molecular formula is C18H24FN3O2. The molecule has 24 heavy (non-hydrogen) atoms. The molecule has 130 valence electrons. The average Bonchev–Trinajstić information content (AvgIpc) is 2.96. The Labute approximate surface area is 141 Å². The van der Waals surface area contributed by atoms with Crippen LogP contribution in [0.15, 0.2) is 28.8 Å². The van der Waals surface area contributed by atoms with E-state index < -0.39 is 0 Å². The Balaban J connectivity index is 2.00. The van der Waals surface area contributed by atoms with Crippen LogP contribution in [0.4, 0.5) is 4.39 Å². The first kappa shape index (κ1) is 18.1. The molecule has 0 aliphatic heterocycles. The van der Waals surface area contributed by atoms with E-state index in [1.165, 1.54) is 12.1 Å². The normalized spacial score (nSPS) is 11.3. The van der Waals surface area contributed by atoms with Gasteiger partial charge in [-0.3, -0.25) is 4.79 Å². The zero-order chi connectivity index (χ0) is 17.7. The van der Waals surface area contributed by atoms with Gasteiger partial charge in [-0.25, -0.2) is 4.39 Å². The fourth-order valence-electron chi connectivity index (χ4n) is 2.43. The van der Waals surface area contributed by atoms with Gasteiger partial charge in [-0.05, 0) is 44.0 Å². The number of hydrogen-bond acceptors (Lipinski definition) is 4. The van der Waals surface area contributed by atoms with E-state index >= 15 is 0 Å². The van der Waals surface area contributed by atoms with Gasteiger partial charge < -0.3 is 9.42 Å². The van der Waals surface area contributed by atoms with Gasteiger partial charge in [0.1, 0.15) is 5.82 Å². The molecule has 2 rings (SSSR count). The van der Waals surface area contributed by atoms with Crippen molar-refractivity contribution in [3.63, 3.8) is 0 Å². The molecule has 0 saturated carbocycles. The molecule has 0 spiro atoms. The summed E-state index contributed by atoms with van der Waals surface area (Å²) >= 11 is 0. The predicted molar refractivity (Wildman–Crippen MR) is 89.7 cm³/mol. The number of benzene rings is 1. The van der Waals surface area contributed by atoms with Crippen LogP contribution in [-0.2, 0) is 11.2 Å². The lowest BCUT2D eigenvalue weighted by Crippen LogP contribution is -2.39. The fourth-order valence-corrected chi connectivity index (χ4v) is 2.43. The molecule has 0 unspecified atom stereocenters. The lowest BCUT2D eigenvalue weighted by atomic mass is 10.1. The second-order valence-electron chi connectivity index (χ2n) is 6.55. The van der Waals surface area contributed by atoms with Crippen LogP contribution in [-0.4, -0.2) is 33.5 Å². The molecule has 0 aliphatic rings. The van der Waals surface area contributed by atoms with Crippen molar-refractivity contribution in [3.05, 3.63) is 36.0 Å². The van der Waals surface area contributed by atoms with E-state index in [9.17, 15) is 9.18 Å². The van der Waals surface area contributed by atoms with E-state index in [-0.39, 0.29) is 17.8 Å². The molecule has 0 saturated heterocycles. The van der Waals surface area contributed by atoms with E-state index in [0.29, 0.717) is 42.6 Å². The molecule has 1 aromatic heterocycles. The molecule has 1 aromatic carbocycles. The van der Waals surface area contributed by atoms with Crippen LogP contribution in [0.5, 0.6) is 0 Å². The molecule has 0 fully saturated rings. The van der Waals surface area contributed by atoms with Gasteiger partial charge in [-0.15, -0.1) is 0 Å². The third-order valence-corrected chi connectivity index (χ3v) is 3.66. The first-order chi connectivity index (χ1) is 11.4. The third kappa shape index (κ3) is 4.88. The van der Waals surface area contributed by atoms with Crippen molar-refractivity contribution in [2.75, 3.05) is 6.54 Å². The largest absolute Gasteiger partial charge is 0.340 e. The third-order valence-electron chi connectivity index (χ3n) is 3.66. The van der Waals surface area contributed by atoms with Crippen LogP contribution in [0, 0.1) is 11.7 Å². The number of hydrogen-bond donors (Lipinski definition) is 0. The monoisotopic (exact) mass is 333 g/mol. The number of amides is 1. The maximum absolute atomic E-state index is 13.0. The molecule has 0 radical (unpaired) electrons. The molecule has 6 heteroatoms. The van der Waals surface area contributed by atoms with Crippen LogP contribution >= 0.6 is 0 Å². The van der Waals surface area contributed by atoms with Gasteiger partial charge in [0.05, 0.1) is 0 Å². The first-order valence-corrected chi connectivity index (χ1v) is 8.24. The van der Waals surface area contributed by atoms with E-state index in [4.69, 9.17) is 4.52 Å². The van der Waals surface area contributed by atoms with Crippen molar-refractivity contribution in [3.8, 4) is 11.4 Å². The Hall–Kier alpha value is -2.24. The Kier molecular flexibility index (Phi) is 6.06. The van der Waals surface area contributed by atoms with Crippen molar-refractivity contribution in [2.45, 2.75) is 46.6 Å². The lowest BCUT2D eigenvalue weighted by Gasteiger charge is -2.27. The van der Waals surface area contributed by atoms with E-state index in [0.717, 1.165) is 0 Å². The minimum Gasteiger partial charge on any atom is -0.340 e. The molecule has 0 atom stereocenters. The van der Waals surface area contributed by atoms with Gasteiger partial charge in [-0.1, -0.05) is 19.0 Å². The summed E-state index contributed by atoms with van der Waals surface area (Å²) in [6.45, 7) is 8.59. The van der Waals surface area contributed by atoms with E-state index in [2.05, 4.69) is 10.1 Å². The Morgan fingerprint density at radius 2 is 1.88 bits per heavy atom. The summed E-state index contributed by atoms with van der Waals surface area (Å²) in [5.74, 6) is 1.05. The SMILES string of the molecule is CC(C)CC(=O)N(CCc1nc(-c2ccc(F)cc2)no1)C(C)C. The smallest absolute Gasteiger partial charge is 0.228 e. The maximum atomic E-state index is 13.0. The molecule has 0 bridgehead atoms. The quantitative estimate of drug-likeness (QED) is 0.775. The second kappa shape index (κ2) is 8.04. The molecule has 1 amide bonds. The topological polar surface area (TPSA) is 59.2 Å². The summed E-state index contributed by atoms with van der Waals surface area (Å²) in [6.07, 6.45) is 1.03. The molecule has 0 N–H and O–H groups in total. The van der Waals surface area contributed by atoms with Crippen LogP contribution in [0.2, 0.25) is 0 Å². The zero-order valence-electron chi connectivity index (χ0n) is 14.6. The fraction of sp³-hybridized carbons (Fsp3) is 0.500. The van der Waals surface area contributed by atoms with Crippen molar-refractivity contribution < 1.29 is 13.7 Å². The lowest BCUT2D eigenvalue weighted by molar-refractivity contribution is -0.133. The molecule has 5 nitrogen and oxygen atoms in total. The maximum Gasteiger partial charge on any atom is 0.228 e. The number of carbonyl (C=O) groups is 1. The molecule has 1 heterocycles. The first-order valence-electron chi connectivity index (χ1n) is 8.24. The highest BCUT2D eigenvalue weighted by molar-refractivity contribution is 5.76. The number of aromatic nitrogens is 2. The summed E-state index contributed by atoms with van der Waals surface area (Å²) in [5.41, 5.74) is 0.697. The van der Waals surface area contributed by atoms with Crippen molar-refractivity contribution >= 4 is 5.91 Å². The van der Waals surface area contributed by atoms with Crippen LogP contribution < -0.4 is 0 Å². The van der Waals surface area contributed by atoms with Gasteiger partial charge in [0.25, 0.3) is 0 Å². The Bertz CT molecular complexity index is 665. The number of nitrogens with zero attached hydrogens (tertiary/aromatic N) is 3. The number of rotatable bonds is 7. The number of halogens is 1. The van der Waals surface area contributed by atoms with Crippen molar-refractivity contribution in [2.24, 2.45) is 5.92 Å². The van der Waals surface area contributed by atoms with Crippen LogP contribution in [0.25, 0.3) is 11.4 Å². The summed E-state index contributed by atoms with van der Waals surface area (Å²) < 4.78 is 18.2. The average molecular weight is 333 g/mol. The van der Waals surface area contributed by atoms with Crippen LogP contribution in [0.3, 0.4) is 0 Å². The van der Waals surface area contributed by atoms with E-state index in [1.807, 2.05) is 32.6 Å². The molecule has 0 aliphatic carbocycles. The van der Waals surface area contributed by atoms with E-state index in [1.54, 1.807) is 12.1 Å². The second-order valence-corrected chi connectivity index (χ2v) is 6.55. The minimum atomic E-state index is -0.307. The van der Waals surface area contributed by atoms with Gasteiger partial charge in [0, 0.05) is 31.0 Å². The standard InChI is InChI=1S/C18H24FN3O2/c1-12(2)11-17(23)22(13(3)4)10-9-16-20-18(21-24-16)14-5-7-15(19)8-6-14/h5-8,12-13H,9-11H2,1-4H3. The van der Waals surface area contributed by atoms with Crippen molar-refractivity contribution in [1.82, 2.24) is 15.0 Å². The zero-order valence-corrected chi connectivity index (χ0v) is 14.6. The summed E-state index contributed by atoms with van der Waals surface area (Å²) in [4.78, 5) is 18.5. The molecular weight excluding hydrogens is 309 g/mol. The number of carbonyl (C=O) groups excluding carboxylic acids is 1. The van der Waals surface area contributed by atoms with Gasteiger partial charge in [-0.2, -0.15) is 4.98 Å². The summed E-state index contributed by atoms with van der Waals surface area (Å²) in [5, 5.41) is 3.92. The predicted octanol–water partition coefficient (Wildman–Crippen LogP) is 3.70. The Morgan fingerprint density at radius 3 is 2.46 bits per heavy atom. The van der Waals surface area contributed by atoms with Gasteiger partial charge in [0.2, 0.25) is 17.6 Å². The highest BCUT2D eigenvalue weighted by atomic mass is 19.1.